The Morgan fingerprint density at radius 1 is 1.00 bits per heavy atom. The van der Waals surface area contributed by atoms with Crippen LogP contribution in [0.25, 0.3) is 11.1 Å². The summed E-state index contributed by atoms with van der Waals surface area (Å²) in [5.74, 6) is -10.4. The van der Waals surface area contributed by atoms with Crippen molar-refractivity contribution in [2.75, 3.05) is 6.61 Å². The molecule has 0 bridgehead atoms. The van der Waals surface area contributed by atoms with Crippen molar-refractivity contribution in [3.63, 3.8) is 0 Å². The lowest BCUT2D eigenvalue weighted by Gasteiger charge is -2.13. The molecule has 0 aliphatic carbocycles. The first-order valence-corrected chi connectivity index (χ1v) is 6.33. The molecule has 0 unspecified atom stereocenters. The molecular weight excluding hydrogens is 341 g/mol. The second-order valence-corrected chi connectivity index (χ2v) is 4.66. The zero-order chi connectivity index (χ0) is 18.2. The maximum Gasteiger partial charge on any atom is 0.311 e. The molecule has 0 heterocycles. The standard InChI is InChI=1S/C14H8F5NO4/c15-7-4-9(22)8(20(23)24)3-6(7)10-11(16)5(1-2-21)12(17)14(19)13(10)18/h3-4,21-22H,1-2H2. The Morgan fingerprint density at radius 3 is 2.17 bits per heavy atom. The van der Waals surface area contributed by atoms with Gasteiger partial charge in [0.1, 0.15) is 11.6 Å². The highest BCUT2D eigenvalue weighted by molar-refractivity contribution is 5.71. The monoisotopic (exact) mass is 349 g/mol. The average molecular weight is 349 g/mol. The van der Waals surface area contributed by atoms with Gasteiger partial charge in [0.2, 0.25) is 0 Å². The van der Waals surface area contributed by atoms with Crippen molar-refractivity contribution in [2.45, 2.75) is 6.42 Å². The summed E-state index contributed by atoms with van der Waals surface area (Å²) in [7, 11) is 0. The molecule has 0 atom stereocenters. The normalized spacial score (nSPS) is 10.9. The number of phenols is 1. The van der Waals surface area contributed by atoms with Crippen molar-refractivity contribution in [1.82, 2.24) is 0 Å². The van der Waals surface area contributed by atoms with Crippen LogP contribution in [0.5, 0.6) is 5.75 Å². The van der Waals surface area contributed by atoms with E-state index in [-0.39, 0.29) is 6.07 Å². The van der Waals surface area contributed by atoms with Gasteiger partial charge >= 0.3 is 5.69 Å². The molecule has 2 aromatic rings. The van der Waals surface area contributed by atoms with Gasteiger partial charge in [0, 0.05) is 36.3 Å². The van der Waals surface area contributed by atoms with Gasteiger partial charge in [-0.15, -0.1) is 0 Å². The summed E-state index contributed by atoms with van der Waals surface area (Å²) in [6, 6.07) is 0.519. The van der Waals surface area contributed by atoms with E-state index in [4.69, 9.17) is 5.11 Å². The Morgan fingerprint density at radius 2 is 1.62 bits per heavy atom. The SMILES string of the molecule is O=[N+]([O-])c1cc(-c2c(F)c(F)c(F)c(CCO)c2F)c(F)cc1O. The summed E-state index contributed by atoms with van der Waals surface area (Å²) in [6.45, 7) is -0.809. The van der Waals surface area contributed by atoms with Crippen molar-refractivity contribution in [3.8, 4) is 16.9 Å². The minimum atomic E-state index is -2.12. The van der Waals surface area contributed by atoms with E-state index in [9.17, 15) is 37.2 Å². The Kier molecular flexibility index (Phi) is 4.69. The highest BCUT2D eigenvalue weighted by Gasteiger charge is 2.29. The molecule has 2 rings (SSSR count). The van der Waals surface area contributed by atoms with Crippen LogP contribution in [0.1, 0.15) is 5.56 Å². The van der Waals surface area contributed by atoms with Gasteiger partial charge in [-0.25, -0.2) is 22.0 Å². The molecule has 2 aromatic carbocycles. The summed E-state index contributed by atoms with van der Waals surface area (Å²) in [6.07, 6.45) is -0.732. The molecule has 0 aliphatic heterocycles. The Labute approximate surface area is 130 Å². The second kappa shape index (κ2) is 6.40. The van der Waals surface area contributed by atoms with E-state index in [2.05, 4.69) is 0 Å². The number of aromatic hydroxyl groups is 1. The van der Waals surface area contributed by atoms with Crippen LogP contribution in [0.3, 0.4) is 0 Å². The fourth-order valence-electron chi connectivity index (χ4n) is 2.14. The van der Waals surface area contributed by atoms with Crippen LogP contribution in [-0.4, -0.2) is 21.7 Å². The number of aliphatic hydroxyl groups is 1. The zero-order valence-electron chi connectivity index (χ0n) is 11.6. The molecule has 0 radical (unpaired) electrons. The molecule has 128 valence electrons. The molecular formula is C14H8F5NO4. The molecule has 0 spiro atoms. The minimum absolute atomic E-state index is 0.222. The summed E-state index contributed by atoms with van der Waals surface area (Å²) in [5.41, 5.74) is -4.58. The second-order valence-electron chi connectivity index (χ2n) is 4.66. The van der Waals surface area contributed by atoms with Crippen LogP contribution < -0.4 is 0 Å². The van der Waals surface area contributed by atoms with Crippen LogP contribution in [-0.2, 0) is 6.42 Å². The lowest BCUT2D eigenvalue weighted by Crippen LogP contribution is -2.08. The van der Waals surface area contributed by atoms with E-state index in [1.165, 1.54) is 0 Å². The zero-order valence-corrected chi connectivity index (χ0v) is 11.6. The third-order valence-electron chi connectivity index (χ3n) is 3.25. The molecule has 5 nitrogen and oxygen atoms in total. The topological polar surface area (TPSA) is 83.6 Å². The van der Waals surface area contributed by atoms with Crippen molar-refractivity contribution >= 4 is 5.69 Å². The van der Waals surface area contributed by atoms with Crippen molar-refractivity contribution in [2.24, 2.45) is 0 Å². The fraction of sp³-hybridized carbons (Fsp3) is 0.143. The number of aliphatic hydroxyl groups excluding tert-OH is 1. The van der Waals surface area contributed by atoms with Crippen LogP contribution in [0.2, 0.25) is 0 Å². The van der Waals surface area contributed by atoms with E-state index >= 15 is 0 Å². The Balaban J connectivity index is 2.87. The molecule has 0 aromatic heterocycles. The van der Waals surface area contributed by atoms with Gasteiger partial charge in [0.15, 0.2) is 23.2 Å². The van der Waals surface area contributed by atoms with Crippen LogP contribution in [0, 0.1) is 39.2 Å². The van der Waals surface area contributed by atoms with E-state index in [1.807, 2.05) is 0 Å². The average Bonchev–Trinajstić information content (AvgIpc) is 2.51. The van der Waals surface area contributed by atoms with Crippen LogP contribution in [0.15, 0.2) is 12.1 Å². The largest absolute Gasteiger partial charge is 0.502 e. The number of benzene rings is 2. The lowest BCUT2D eigenvalue weighted by molar-refractivity contribution is -0.385. The highest BCUT2D eigenvalue weighted by atomic mass is 19.2. The quantitative estimate of drug-likeness (QED) is 0.292. The number of rotatable bonds is 4. The van der Waals surface area contributed by atoms with Crippen LogP contribution in [0.4, 0.5) is 27.6 Å². The molecule has 10 heteroatoms. The molecule has 0 amide bonds. The molecule has 0 saturated carbocycles. The summed E-state index contributed by atoms with van der Waals surface area (Å²) in [4.78, 5) is 9.60. The fourth-order valence-corrected chi connectivity index (χ4v) is 2.14. The maximum atomic E-state index is 14.3. The van der Waals surface area contributed by atoms with Crippen molar-refractivity contribution < 1.29 is 37.1 Å². The van der Waals surface area contributed by atoms with Gasteiger partial charge in [-0.1, -0.05) is 0 Å². The Hall–Kier alpha value is -2.75. The van der Waals surface area contributed by atoms with Gasteiger partial charge in [-0.05, 0) is 0 Å². The number of nitro benzene ring substituents is 1. The summed E-state index contributed by atoms with van der Waals surface area (Å²) in [5, 5.41) is 28.8. The molecule has 24 heavy (non-hydrogen) atoms. The third kappa shape index (κ3) is 2.75. The predicted molar refractivity (Wildman–Crippen MR) is 70.8 cm³/mol. The number of nitro groups is 1. The number of nitrogens with zero attached hydrogens (tertiary/aromatic N) is 1. The van der Waals surface area contributed by atoms with E-state index in [0.29, 0.717) is 6.07 Å². The first-order chi connectivity index (χ1) is 11.2. The van der Waals surface area contributed by atoms with Crippen molar-refractivity contribution in [3.05, 3.63) is 56.9 Å². The van der Waals surface area contributed by atoms with Gasteiger partial charge in [-0.3, -0.25) is 10.1 Å². The van der Waals surface area contributed by atoms with E-state index in [1.54, 1.807) is 0 Å². The summed E-state index contributed by atoms with van der Waals surface area (Å²) >= 11 is 0. The molecule has 0 fully saturated rings. The minimum Gasteiger partial charge on any atom is -0.502 e. The first-order valence-electron chi connectivity index (χ1n) is 6.33. The van der Waals surface area contributed by atoms with Crippen LogP contribution >= 0.6 is 0 Å². The lowest BCUT2D eigenvalue weighted by atomic mass is 9.98. The molecule has 2 N–H and O–H groups in total. The van der Waals surface area contributed by atoms with Gasteiger partial charge in [0.25, 0.3) is 0 Å². The maximum absolute atomic E-state index is 14.3. The highest BCUT2D eigenvalue weighted by Crippen LogP contribution is 2.38. The first kappa shape index (κ1) is 17.6. The number of hydrogen-bond donors (Lipinski definition) is 2. The molecule has 0 saturated heterocycles. The number of phenolic OH excluding ortho intramolecular Hbond substituents is 1. The predicted octanol–water partition coefficient (Wildman–Crippen LogP) is 3.20. The van der Waals surface area contributed by atoms with E-state index < -0.39 is 75.2 Å². The molecule has 0 aliphatic rings. The number of halogens is 5. The summed E-state index contributed by atoms with van der Waals surface area (Å²) < 4.78 is 69.3. The van der Waals surface area contributed by atoms with E-state index in [0.717, 1.165) is 0 Å². The smallest absolute Gasteiger partial charge is 0.311 e. The Bertz CT molecular complexity index is 841. The van der Waals surface area contributed by atoms with Gasteiger partial charge < -0.3 is 10.2 Å². The van der Waals surface area contributed by atoms with Gasteiger partial charge in [0.05, 0.1) is 10.5 Å². The van der Waals surface area contributed by atoms with Gasteiger partial charge in [-0.2, -0.15) is 0 Å². The third-order valence-corrected chi connectivity index (χ3v) is 3.25. The van der Waals surface area contributed by atoms with Crippen molar-refractivity contribution in [1.29, 1.82) is 0 Å². The number of hydrogen-bond acceptors (Lipinski definition) is 4.